The largest absolute Gasteiger partial charge is 0.465 e. The van der Waals surface area contributed by atoms with Crippen molar-refractivity contribution in [2.75, 3.05) is 79.8 Å². The van der Waals surface area contributed by atoms with Crippen molar-refractivity contribution in [1.29, 1.82) is 0 Å². The number of nitrogens with zero attached hydrogens (tertiary/aromatic N) is 4. The van der Waals surface area contributed by atoms with E-state index >= 15 is 0 Å². The van der Waals surface area contributed by atoms with E-state index in [1.807, 2.05) is 12.1 Å². The van der Waals surface area contributed by atoms with E-state index in [0.29, 0.717) is 50.3 Å². The molecular formula is C52H58F2N4O8. The van der Waals surface area contributed by atoms with Crippen molar-refractivity contribution in [2.45, 2.75) is 63.5 Å². The maximum atomic E-state index is 13.7. The first kappa shape index (κ1) is 45.3. The predicted molar refractivity (Wildman–Crippen MR) is 241 cm³/mol. The first-order valence-electron chi connectivity index (χ1n) is 23.2. The van der Waals surface area contributed by atoms with Gasteiger partial charge in [-0.25, -0.2) is 28.0 Å². The number of esters is 2. The fourth-order valence-corrected chi connectivity index (χ4v) is 10.9. The van der Waals surface area contributed by atoms with E-state index in [1.165, 1.54) is 38.5 Å². The van der Waals surface area contributed by atoms with Gasteiger partial charge >= 0.3 is 24.1 Å². The van der Waals surface area contributed by atoms with Crippen LogP contribution < -0.4 is 0 Å². The molecule has 6 saturated heterocycles. The van der Waals surface area contributed by atoms with Crippen LogP contribution in [0.3, 0.4) is 0 Å². The summed E-state index contributed by atoms with van der Waals surface area (Å²) in [5, 5.41) is 0. The fraction of sp³-hybridized carbons (Fsp3) is 0.462. The Morgan fingerprint density at radius 2 is 0.864 bits per heavy atom. The van der Waals surface area contributed by atoms with Crippen molar-refractivity contribution in [3.05, 3.63) is 141 Å². The highest BCUT2D eigenvalue weighted by molar-refractivity contribution is 5.90. The SMILES string of the molecule is COC(=O)c1ccc2c(c1)[C@@H](c1ccc(F)cc1)N(C(=O)OCC13CCN(CC1)CC3)CC2.COC(=O)c1ccc2c(c1)[C@H](c1ccc(F)cc1)N(C(=O)OCC13CCN(CC1)CC3)CC2. The molecule has 0 N–H and O–H groups in total. The average Bonchev–Trinajstić information content (AvgIpc) is 3.37. The van der Waals surface area contributed by atoms with E-state index < -0.39 is 24.0 Å². The van der Waals surface area contributed by atoms with Crippen LogP contribution in [0.25, 0.3) is 0 Å². The molecule has 0 aromatic heterocycles. The summed E-state index contributed by atoms with van der Waals surface area (Å²) >= 11 is 0. The van der Waals surface area contributed by atoms with Crippen molar-refractivity contribution in [3.8, 4) is 0 Å². The Hall–Kier alpha value is -5.86. The molecule has 0 unspecified atom stereocenters. The number of methoxy groups -OCH3 is 2. The van der Waals surface area contributed by atoms with Crippen molar-refractivity contribution < 1.29 is 46.9 Å². The predicted octanol–water partition coefficient (Wildman–Crippen LogP) is 8.36. The van der Waals surface area contributed by atoms with Gasteiger partial charge in [-0.1, -0.05) is 36.4 Å². The average molecular weight is 905 g/mol. The van der Waals surface area contributed by atoms with Crippen LogP contribution in [0, 0.1) is 22.5 Å². The molecule has 0 spiro atoms. The minimum absolute atomic E-state index is 0.0849. The summed E-state index contributed by atoms with van der Waals surface area (Å²) in [5.41, 5.74) is 6.37. The zero-order valence-electron chi connectivity index (χ0n) is 37.8. The molecule has 0 aliphatic carbocycles. The molecule has 12 nitrogen and oxygen atoms in total. The first-order chi connectivity index (χ1) is 32.0. The molecule has 8 aliphatic rings. The van der Waals surface area contributed by atoms with Crippen LogP contribution >= 0.6 is 0 Å². The second kappa shape index (κ2) is 19.2. The van der Waals surface area contributed by atoms with Crippen LogP contribution in [0.1, 0.15) is 105 Å². The Morgan fingerprint density at radius 3 is 1.20 bits per heavy atom. The van der Waals surface area contributed by atoms with Gasteiger partial charge in [-0.05, 0) is 173 Å². The maximum absolute atomic E-state index is 13.7. The molecule has 0 radical (unpaired) electrons. The lowest BCUT2D eigenvalue weighted by atomic mass is 9.73. The van der Waals surface area contributed by atoms with E-state index in [9.17, 15) is 28.0 Å². The molecule has 4 bridgehead atoms. The van der Waals surface area contributed by atoms with Crippen LogP contribution in [0.15, 0.2) is 84.9 Å². The van der Waals surface area contributed by atoms with E-state index in [4.69, 9.17) is 18.9 Å². The number of benzene rings is 4. The zero-order chi connectivity index (χ0) is 46.0. The molecule has 4 aromatic carbocycles. The van der Waals surface area contributed by atoms with Crippen LogP contribution in [0.2, 0.25) is 0 Å². The van der Waals surface area contributed by atoms with Crippen LogP contribution in [-0.2, 0) is 31.8 Å². The number of ether oxygens (including phenoxy) is 4. The second-order valence-electron chi connectivity index (χ2n) is 18.9. The molecule has 4 aromatic rings. The van der Waals surface area contributed by atoms with E-state index in [0.717, 1.165) is 111 Å². The Balaban J connectivity index is 0.000000166. The van der Waals surface area contributed by atoms with Gasteiger partial charge in [-0.2, -0.15) is 0 Å². The lowest BCUT2D eigenvalue weighted by molar-refractivity contribution is -0.0301. The van der Waals surface area contributed by atoms with Crippen LogP contribution in [-0.4, -0.2) is 124 Å². The van der Waals surface area contributed by atoms with Gasteiger partial charge in [0.1, 0.15) is 11.6 Å². The van der Waals surface area contributed by atoms with Gasteiger partial charge < -0.3 is 28.7 Å². The molecule has 14 heteroatoms. The van der Waals surface area contributed by atoms with Crippen LogP contribution in [0.4, 0.5) is 18.4 Å². The second-order valence-corrected chi connectivity index (χ2v) is 18.9. The molecule has 0 saturated carbocycles. The topological polar surface area (TPSA) is 118 Å². The standard InChI is InChI=1S/2C26H29FN2O4/c2*1-32-24(30)20-3-2-18-8-12-29(23(22(18)16-20)19-4-6-21(27)7-5-19)25(31)33-17-26-9-13-28(14-10-26)15-11-26/h2*2-7,16,23H,8-15,17H2,1H3/t2*23-/m10/s1. The van der Waals surface area contributed by atoms with Gasteiger partial charge in [0.05, 0.1) is 50.6 Å². The number of hydrogen-bond donors (Lipinski definition) is 0. The maximum Gasteiger partial charge on any atom is 0.410 e. The zero-order valence-corrected chi connectivity index (χ0v) is 37.8. The van der Waals surface area contributed by atoms with Crippen LogP contribution in [0.5, 0.6) is 0 Å². The summed E-state index contributed by atoms with van der Waals surface area (Å²) in [5.74, 6) is -1.54. The highest BCUT2D eigenvalue weighted by Crippen LogP contribution is 2.43. The van der Waals surface area contributed by atoms with Crippen molar-refractivity contribution >= 4 is 24.1 Å². The van der Waals surface area contributed by atoms with Crippen molar-refractivity contribution in [1.82, 2.24) is 19.6 Å². The van der Waals surface area contributed by atoms with Crippen molar-refractivity contribution in [2.24, 2.45) is 10.8 Å². The van der Waals surface area contributed by atoms with Gasteiger partial charge in [-0.15, -0.1) is 0 Å². The number of hydrogen-bond acceptors (Lipinski definition) is 10. The van der Waals surface area contributed by atoms with Gasteiger partial charge in [0.2, 0.25) is 0 Å². The summed E-state index contributed by atoms with van der Waals surface area (Å²) in [6.45, 7) is 8.28. The molecule has 2 atom stereocenters. The number of fused-ring (bicyclic) bond motifs is 8. The highest BCUT2D eigenvalue weighted by Gasteiger charge is 2.43. The molecule has 8 aliphatic heterocycles. The number of rotatable bonds is 8. The number of carbonyl (C=O) groups is 4. The molecule has 2 amide bonds. The summed E-state index contributed by atoms with van der Waals surface area (Å²) in [6.07, 6.45) is 6.97. The summed E-state index contributed by atoms with van der Waals surface area (Å²) in [4.78, 5) is 59.5. The Morgan fingerprint density at radius 1 is 0.515 bits per heavy atom. The smallest absolute Gasteiger partial charge is 0.410 e. The Kier molecular flexibility index (Phi) is 13.2. The number of carbonyl (C=O) groups excluding carboxylic acids is 4. The van der Waals surface area contributed by atoms with E-state index in [-0.39, 0.29) is 34.7 Å². The first-order valence-corrected chi connectivity index (χ1v) is 23.2. The summed E-state index contributed by atoms with van der Waals surface area (Å²) in [6, 6.07) is 22.3. The number of halogens is 2. The molecule has 12 rings (SSSR count). The lowest BCUT2D eigenvalue weighted by Gasteiger charge is -2.48. The molecule has 348 valence electrons. The summed E-state index contributed by atoms with van der Waals surface area (Å²) in [7, 11) is 2.69. The van der Waals surface area contributed by atoms with E-state index in [1.54, 1.807) is 58.3 Å². The molecule has 66 heavy (non-hydrogen) atoms. The third-order valence-electron chi connectivity index (χ3n) is 15.2. The quantitative estimate of drug-likeness (QED) is 0.126. The minimum atomic E-state index is -0.461. The van der Waals surface area contributed by atoms with Gasteiger partial charge in [0.25, 0.3) is 0 Å². The van der Waals surface area contributed by atoms with Gasteiger partial charge in [-0.3, -0.25) is 9.80 Å². The number of amides is 2. The lowest BCUT2D eigenvalue weighted by Crippen LogP contribution is -2.51. The molecular weight excluding hydrogens is 847 g/mol. The van der Waals surface area contributed by atoms with Gasteiger partial charge in [0, 0.05) is 23.9 Å². The third kappa shape index (κ3) is 9.40. The molecule has 8 heterocycles. The Bertz CT molecular complexity index is 2230. The normalized spacial score (nSPS) is 25.9. The van der Waals surface area contributed by atoms with Crippen molar-refractivity contribution in [3.63, 3.8) is 0 Å². The third-order valence-corrected chi connectivity index (χ3v) is 15.2. The monoisotopic (exact) mass is 904 g/mol. The van der Waals surface area contributed by atoms with Gasteiger partial charge in [0.15, 0.2) is 0 Å². The highest BCUT2D eigenvalue weighted by atomic mass is 19.1. The fourth-order valence-electron chi connectivity index (χ4n) is 10.9. The minimum Gasteiger partial charge on any atom is -0.465 e. The van der Waals surface area contributed by atoms with E-state index in [2.05, 4.69) is 9.80 Å². The molecule has 6 fully saturated rings. The number of piperidine rings is 6. The summed E-state index contributed by atoms with van der Waals surface area (Å²) < 4.78 is 49.0. The Labute approximate surface area is 384 Å².